The van der Waals surface area contributed by atoms with Crippen molar-refractivity contribution in [2.75, 3.05) is 11.9 Å². The molecule has 0 saturated carbocycles. The second-order valence-electron chi connectivity index (χ2n) is 5.40. The molecule has 26 heavy (non-hydrogen) atoms. The van der Waals surface area contributed by atoms with E-state index in [0.717, 1.165) is 5.56 Å². The van der Waals surface area contributed by atoms with Crippen LogP contribution in [-0.2, 0) is 16.0 Å². The normalized spacial score (nSPS) is 10.1. The maximum atomic E-state index is 12.0. The Kier molecular flexibility index (Phi) is 5.15. The quantitative estimate of drug-likeness (QED) is 0.712. The van der Waals surface area contributed by atoms with Crippen molar-refractivity contribution in [2.24, 2.45) is 0 Å². The number of nitriles is 1. The Balaban J connectivity index is 1.56. The zero-order valence-corrected chi connectivity index (χ0v) is 13.7. The molecule has 0 aliphatic heterocycles. The van der Waals surface area contributed by atoms with Crippen molar-refractivity contribution in [3.05, 3.63) is 66.0 Å². The van der Waals surface area contributed by atoms with Gasteiger partial charge in [-0.3, -0.25) is 9.78 Å². The summed E-state index contributed by atoms with van der Waals surface area (Å²) in [7, 11) is 0. The van der Waals surface area contributed by atoms with E-state index in [1.165, 1.54) is 6.20 Å². The predicted octanol–water partition coefficient (Wildman–Crippen LogP) is 2.49. The average Bonchev–Trinajstić information content (AvgIpc) is 2.67. The fourth-order valence-corrected chi connectivity index (χ4v) is 2.25. The molecule has 7 heteroatoms. The topological polar surface area (TPSA) is 105 Å². The molecule has 0 aliphatic carbocycles. The highest BCUT2D eigenvalue weighted by atomic mass is 16.5. The summed E-state index contributed by atoms with van der Waals surface area (Å²) >= 11 is 0. The molecule has 7 nitrogen and oxygen atoms in total. The number of fused-ring (bicyclic) bond motifs is 1. The predicted molar refractivity (Wildman–Crippen MR) is 94.2 cm³/mol. The Labute approximate surface area is 149 Å². The zero-order valence-electron chi connectivity index (χ0n) is 13.7. The first-order valence-electron chi connectivity index (χ1n) is 7.80. The Hall–Kier alpha value is -3.79. The van der Waals surface area contributed by atoms with Crippen LogP contribution in [0.2, 0.25) is 0 Å². The standard InChI is InChI=1S/C19H14N4O3/c20-10-9-13-5-7-14(8-6-13)22-18(24)12-26-19(25)17-11-21-15-3-1-2-4-16(15)23-17/h1-8,11H,9,12H2,(H,22,24). The molecule has 0 bridgehead atoms. The highest BCUT2D eigenvalue weighted by molar-refractivity contribution is 5.95. The summed E-state index contributed by atoms with van der Waals surface area (Å²) in [6, 6.07) is 16.0. The van der Waals surface area contributed by atoms with Crippen LogP contribution >= 0.6 is 0 Å². The number of ether oxygens (including phenoxy) is 1. The molecule has 3 rings (SSSR count). The summed E-state index contributed by atoms with van der Waals surface area (Å²) in [5.41, 5.74) is 2.69. The van der Waals surface area contributed by atoms with Crippen LogP contribution in [0, 0.1) is 11.3 Å². The monoisotopic (exact) mass is 346 g/mol. The van der Waals surface area contributed by atoms with Gasteiger partial charge in [-0.2, -0.15) is 5.26 Å². The first-order valence-corrected chi connectivity index (χ1v) is 7.80. The molecular weight excluding hydrogens is 332 g/mol. The van der Waals surface area contributed by atoms with Crippen molar-refractivity contribution < 1.29 is 14.3 Å². The highest BCUT2D eigenvalue weighted by Gasteiger charge is 2.13. The number of anilines is 1. The van der Waals surface area contributed by atoms with Crippen LogP contribution in [0.15, 0.2) is 54.7 Å². The molecule has 0 fully saturated rings. The highest BCUT2D eigenvalue weighted by Crippen LogP contribution is 2.11. The Morgan fingerprint density at radius 1 is 1.08 bits per heavy atom. The van der Waals surface area contributed by atoms with E-state index in [9.17, 15) is 9.59 Å². The Bertz CT molecular complexity index is 994. The van der Waals surface area contributed by atoms with Gasteiger partial charge in [0, 0.05) is 5.69 Å². The third-order valence-electron chi connectivity index (χ3n) is 3.51. The number of aromatic nitrogens is 2. The van der Waals surface area contributed by atoms with Crippen molar-refractivity contribution in [3.8, 4) is 6.07 Å². The lowest BCUT2D eigenvalue weighted by Gasteiger charge is -2.07. The summed E-state index contributed by atoms with van der Waals surface area (Å²) < 4.78 is 4.98. The van der Waals surface area contributed by atoms with Crippen LogP contribution in [0.5, 0.6) is 0 Å². The maximum Gasteiger partial charge on any atom is 0.359 e. The summed E-state index contributed by atoms with van der Waals surface area (Å²) in [5, 5.41) is 11.2. The maximum absolute atomic E-state index is 12.0. The third kappa shape index (κ3) is 4.19. The number of rotatable bonds is 5. The van der Waals surface area contributed by atoms with Gasteiger partial charge < -0.3 is 10.1 Å². The van der Waals surface area contributed by atoms with Gasteiger partial charge in [0.1, 0.15) is 0 Å². The van der Waals surface area contributed by atoms with Gasteiger partial charge in [0.15, 0.2) is 12.3 Å². The fraction of sp³-hybridized carbons (Fsp3) is 0.105. The van der Waals surface area contributed by atoms with Gasteiger partial charge in [-0.05, 0) is 29.8 Å². The smallest absolute Gasteiger partial charge is 0.359 e. The van der Waals surface area contributed by atoms with Crippen LogP contribution in [0.3, 0.4) is 0 Å². The Morgan fingerprint density at radius 2 is 1.81 bits per heavy atom. The summed E-state index contributed by atoms with van der Waals surface area (Å²) in [5.74, 6) is -1.19. The fourth-order valence-electron chi connectivity index (χ4n) is 2.25. The van der Waals surface area contributed by atoms with E-state index in [2.05, 4.69) is 15.3 Å². The van der Waals surface area contributed by atoms with E-state index in [4.69, 9.17) is 10.00 Å². The van der Waals surface area contributed by atoms with Crippen molar-refractivity contribution in [1.82, 2.24) is 9.97 Å². The Morgan fingerprint density at radius 3 is 2.54 bits per heavy atom. The number of nitrogens with one attached hydrogen (secondary N) is 1. The molecule has 0 spiro atoms. The van der Waals surface area contributed by atoms with E-state index in [-0.39, 0.29) is 5.69 Å². The van der Waals surface area contributed by atoms with Crippen molar-refractivity contribution >= 4 is 28.6 Å². The molecule has 1 aromatic heterocycles. The summed E-state index contributed by atoms with van der Waals surface area (Å²) in [4.78, 5) is 32.2. The molecule has 1 amide bonds. The average molecular weight is 346 g/mol. The third-order valence-corrected chi connectivity index (χ3v) is 3.51. The van der Waals surface area contributed by atoms with Gasteiger partial charge in [0.05, 0.1) is 29.7 Å². The first kappa shape index (κ1) is 17.0. The molecule has 0 aliphatic rings. The summed E-state index contributed by atoms with van der Waals surface area (Å²) in [6.45, 7) is -0.437. The van der Waals surface area contributed by atoms with Crippen molar-refractivity contribution in [2.45, 2.75) is 6.42 Å². The first-order chi connectivity index (χ1) is 12.7. The van der Waals surface area contributed by atoms with E-state index < -0.39 is 18.5 Å². The molecule has 0 atom stereocenters. The van der Waals surface area contributed by atoms with Crippen LogP contribution < -0.4 is 5.32 Å². The number of benzene rings is 2. The lowest BCUT2D eigenvalue weighted by atomic mass is 10.1. The van der Waals surface area contributed by atoms with Gasteiger partial charge in [0.25, 0.3) is 5.91 Å². The SMILES string of the molecule is N#CCc1ccc(NC(=O)COC(=O)c2cnc3ccccc3n2)cc1. The number of nitrogens with zero attached hydrogens (tertiary/aromatic N) is 3. The zero-order chi connectivity index (χ0) is 18.4. The van der Waals surface area contributed by atoms with Gasteiger partial charge in [-0.25, -0.2) is 9.78 Å². The number of amides is 1. The van der Waals surface area contributed by atoms with E-state index in [1.54, 1.807) is 42.5 Å². The van der Waals surface area contributed by atoms with E-state index in [1.807, 2.05) is 12.1 Å². The molecule has 1 heterocycles. The van der Waals surface area contributed by atoms with Crippen LogP contribution in [0.1, 0.15) is 16.1 Å². The van der Waals surface area contributed by atoms with Crippen LogP contribution in [0.4, 0.5) is 5.69 Å². The minimum absolute atomic E-state index is 0.0392. The second-order valence-corrected chi connectivity index (χ2v) is 5.40. The molecule has 1 N–H and O–H groups in total. The van der Waals surface area contributed by atoms with Gasteiger partial charge in [-0.1, -0.05) is 24.3 Å². The van der Waals surface area contributed by atoms with Gasteiger partial charge >= 0.3 is 5.97 Å². The number of hydrogen-bond donors (Lipinski definition) is 1. The van der Waals surface area contributed by atoms with E-state index >= 15 is 0 Å². The molecule has 2 aromatic carbocycles. The number of para-hydroxylation sites is 2. The molecule has 0 radical (unpaired) electrons. The minimum atomic E-state index is -0.720. The van der Waals surface area contributed by atoms with Crippen LogP contribution in [-0.4, -0.2) is 28.5 Å². The van der Waals surface area contributed by atoms with Gasteiger partial charge in [-0.15, -0.1) is 0 Å². The number of hydrogen-bond acceptors (Lipinski definition) is 6. The second kappa shape index (κ2) is 7.85. The molecule has 0 unspecified atom stereocenters. The summed E-state index contributed by atoms with van der Waals surface area (Å²) in [6.07, 6.45) is 1.62. The molecule has 128 valence electrons. The van der Waals surface area contributed by atoms with Crippen LogP contribution in [0.25, 0.3) is 11.0 Å². The number of esters is 1. The van der Waals surface area contributed by atoms with Crippen molar-refractivity contribution in [1.29, 1.82) is 5.26 Å². The van der Waals surface area contributed by atoms with E-state index in [0.29, 0.717) is 23.1 Å². The largest absolute Gasteiger partial charge is 0.451 e. The number of carbonyl (C=O) groups is 2. The minimum Gasteiger partial charge on any atom is -0.451 e. The molecular formula is C19H14N4O3. The lowest BCUT2D eigenvalue weighted by molar-refractivity contribution is -0.119. The van der Waals surface area contributed by atoms with Crippen molar-refractivity contribution in [3.63, 3.8) is 0 Å². The van der Waals surface area contributed by atoms with Gasteiger partial charge in [0.2, 0.25) is 0 Å². The molecule has 3 aromatic rings. The number of carbonyl (C=O) groups excluding carboxylic acids is 2. The lowest BCUT2D eigenvalue weighted by Crippen LogP contribution is -2.21. The molecule has 0 saturated heterocycles.